The predicted octanol–water partition coefficient (Wildman–Crippen LogP) is 1.58. The Balaban J connectivity index is 4.02. The fourth-order valence-corrected chi connectivity index (χ4v) is 1.14. The molecule has 0 aromatic rings. The SMILES string of the molecule is CCCC(NC(=O)OC(C)C)C(N)=S. The van der Waals surface area contributed by atoms with Gasteiger partial charge in [0.1, 0.15) is 0 Å². The molecule has 0 aromatic carbocycles. The molecule has 0 saturated carbocycles. The van der Waals surface area contributed by atoms with Gasteiger partial charge in [0, 0.05) is 0 Å². The van der Waals surface area contributed by atoms with Crippen LogP contribution >= 0.6 is 12.2 Å². The van der Waals surface area contributed by atoms with E-state index in [-0.39, 0.29) is 12.1 Å². The van der Waals surface area contributed by atoms with Crippen LogP contribution in [0.1, 0.15) is 33.6 Å². The van der Waals surface area contributed by atoms with Crippen molar-refractivity contribution >= 4 is 23.3 Å². The van der Waals surface area contributed by atoms with Gasteiger partial charge >= 0.3 is 6.09 Å². The number of nitrogens with two attached hydrogens (primary N) is 1. The number of hydrogen-bond acceptors (Lipinski definition) is 3. The van der Waals surface area contributed by atoms with Gasteiger partial charge in [-0.1, -0.05) is 25.6 Å². The molecule has 0 aliphatic carbocycles. The molecule has 0 aliphatic heterocycles. The van der Waals surface area contributed by atoms with Gasteiger partial charge < -0.3 is 15.8 Å². The van der Waals surface area contributed by atoms with Crippen molar-refractivity contribution in [2.45, 2.75) is 45.8 Å². The van der Waals surface area contributed by atoms with Gasteiger partial charge in [-0.25, -0.2) is 4.79 Å². The van der Waals surface area contributed by atoms with Crippen molar-refractivity contribution in [3.8, 4) is 0 Å². The lowest BCUT2D eigenvalue weighted by Gasteiger charge is -2.17. The first kappa shape index (κ1) is 13.2. The lowest BCUT2D eigenvalue weighted by atomic mass is 10.2. The zero-order valence-corrected chi connectivity index (χ0v) is 9.69. The van der Waals surface area contributed by atoms with E-state index in [4.69, 9.17) is 22.7 Å². The third kappa shape index (κ3) is 5.75. The van der Waals surface area contributed by atoms with Crippen molar-refractivity contribution in [2.24, 2.45) is 5.73 Å². The monoisotopic (exact) mass is 218 g/mol. The number of thiocarbonyl (C=S) groups is 1. The molecule has 0 rings (SSSR count). The highest BCUT2D eigenvalue weighted by atomic mass is 32.1. The normalized spacial score (nSPS) is 12.3. The van der Waals surface area contributed by atoms with Gasteiger partial charge in [-0.3, -0.25) is 0 Å². The van der Waals surface area contributed by atoms with Crippen molar-refractivity contribution in [3.63, 3.8) is 0 Å². The molecule has 1 unspecified atom stereocenters. The number of nitrogens with one attached hydrogen (secondary N) is 1. The summed E-state index contributed by atoms with van der Waals surface area (Å²) in [6, 6.07) is -0.263. The molecule has 1 amide bonds. The van der Waals surface area contributed by atoms with Gasteiger partial charge in [0.2, 0.25) is 0 Å². The van der Waals surface area contributed by atoms with Crippen LogP contribution in [0.5, 0.6) is 0 Å². The van der Waals surface area contributed by atoms with E-state index in [0.29, 0.717) is 4.99 Å². The second-order valence-corrected chi connectivity index (χ2v) is 3.81. The van der Waals surface area contributed by atoms with Crippen LogP contribution in [-0.2, 0) is 4.74 Å². The molecule has 0 fully saturated rings. The second kappa shape index (κ2) is 6.59. The number of rotatable bonds is 5. The topological polar surface area (TPSA) is 64.3 Å². The van der Waals surface area contributed by atoms with Gasteiger partial charge in [-0.15, -0.1) is 0 Å². The van der Waals surface area contributed by atoms with Gasteiger partial charge in [0.25, 0.3) is 0 Å². The predicted molar refractivity (Wildman–Crippen MR) is 60.2 cm³/mol. The lowest BCUT2D eigenvalue weighted by molar-refractivity contribution is 0.114. The van der Waals surface area contributed by atoms with Crippen LogP contribution in [0.15, 0.2) is 0 Å². The molecule has 0 radical (unpaired) electrons. The highest BCUT2D eigenvalue weighted by Crippen LogP contribution is 1.98. The number of hydrogen-bond donors (Lipinski definition) is 2. The first-order valence-electron chi connectivity index (χ1n) is 4.73. The Morgan fingerprint density at radius 3 is 2.50 bits per heavy atom. The molecule has 0 bridgehead atoms. The summed E-state index contributed by atoms with van der Waals surface area (Å²) in [6.45, 7) is 5.57. The van der Waals surface area contributed by atoms with Gasteiger partial charge in [0.15, 0.2) is 0 Å². The first-order chi connectivity index (χ1) is 6.47. The van der Waals surface area contributed by atoms with E-state index in [2.05, 4.69) is 5.32 Å². The molecule has 0 heterocycles. The fourth-order valence-electron chi connectivity index (χ4n) is 0.965. The highest BCUT2D eigenvalue weighted by Gasteiger charge is 2.15. The van der Waals surface area contributed by atoms with E-state index in [1.807, 2.05) is 6.92 Å². The molecule has 0 aliphatic rings. The summed E-state index contributed by atoms with van der Waals surface area (Å²) < 4.78 is 4.91. The Bertz CT molecular complexity index is 207. The Morgan fingerprint density at radius 2 is 2.14 bits per heavy atom. The molecular weight excluding hydrogens is 200 g/mol. The summed E-state index contributed by atoms with van der Waals surface area (Å²) in [7, 11) is 0. The van der Waals surface area contributed by atoms with E-state index in [1.54, 1.807) is 13.8 Å². The number of alkyl carbamates (subject to hydrolysis) is 1. The quantitative estimate of drug-likeness (QED) is 0.688. The van der Waals surface area contributed by atoms with E-state index in [0.717, 1.165) is 12.8 Å². The van der Waals surface area contributed by atoms with Crippen molar-refractivity contribution in [1.82, 2.24) is 5.32 Å². The summed E-state index contributed by atoms with van der Waals surface area (Å²) in [6.07, 6.45) is 1.04. The third-order valence-electron chi connectivity index (χ3n) is 1.56. The van der Waals surface area contributed by atoms with Crippen molar-refractivity contribution < 1.29 is 9.53 Å². The van der Waals surface area contributed by atoms with Crippen LogP contribution in [0.25, 0.3) is 0 Å². The van der Waals surface area contributed by atoms with Crippen molar-refractivity contribution in [1.29, 1.82) is 0 Å². The third-order valence-corrected chi connectivity index (χ3v) is 1.84. The van der Waals surface area contributed by atoms with Crippen LogP contribution < -0.4 is 11.1 Å². The molecule has 0 spiro atoms. The molecule has 3 N–H and O–H groups in total. The Kier molecular flexibility index (Phi) is 6.19. The highest BCUT2D eigenvalue weighted by molar-refractivity contribution is 7.80. The maximum atomic E-state index is 11.2. The molecule has 4 nitrogen and oxygen atoms in total. The standard InChI is InChI=1S/C9H18N2O2S/c1-4-5-7(8(10)14)11-9(12)13-6(2)3/h6-7H,4-5H2,1-3H3,(H2,10,14)(H,11,12). The number of carbonyl (C=O) groups excluding carboxylic acids is 1. The van der Waals surface area contributed by atoms with Crippen molar-refractivity contribution in [2.75, 3.05) is 0 Å². The minimum atomic E-state index is -0.466. The van der Waals surface area contributed by atoms with Crippen LogP contribution in [0, 0.1) is 0 Å². The summed E-state index contributed by atoms with van der Waals surface area (Å²) in [5.41, 5.74) is 5.46. The minimum absolute atomic E-state index is 0.136. The van der Waals surface area contributed by atoms with E-state index < -0.39 is 6.09 Å². The van der Waals surface area contributed by atoms with Gasteiger partial charge in [-0.2, -0.15) is 0 Å². The average molecular weight is 218 g/mol. The maximum Gasteiger partial charge on any atom is 0.407 e. The van der Waals surface area contributed by atoms with E-state index in [1.165, 1.54) is 0 Å². The van der Waals surface area contributed by atoms with E-state index in [9.17, 15) is 4.79 Å². The van der Waals surface area contributed by atoms with Gasteiger partial charge in [0.05, 0.1) is 17.1 Å². The smallest absolute Gasteiger partial charge is 0.407 e. The summed E-state index contributed by atoms with van der Waals surface area (Å²) in [5, 5.41) is 2.62. The van der Waals surface area contributed by atoms with Crippen LogP contribution in [-0.4, -0.2) is 23.2 Å². The maximum absolute atomic E-state index is 11.2. The largest absolute Gasteiger partial charge is 0.447 e. The summed E-state index contributed by atoms with van der Waals surface area (Å²) >= 11 is 4.82. The Morgan fingerprint density at radius 1 is 1.57 bits per heavy atom. The Labute approximate surface area is 90.2 Å². The molecule has 5 heteroatoms. The first-order valence-corrected chi connectivity index (χ1v) is 5.14. The van der Waals surface area contributed by atoms with Crippen molar-refractivity contribution in [3.05, 3.63) is 0 Å². The van der Waals surface area contributed by atoms with Crippen LogP contribution in [0.3, 0.4) is 0 Å². The number of carbonyl (C=O) groups is 1. The fraction of sp³-hybridized carbons (Fsp3) is 0.778. The molecular formula is C9H18N2O2S. The number of amides is 1. The van der Waals surface area contributed by atoms with Crippen LogP contribution in [0.2, 0.25) is 0 Å². The second-order valence-electron chi connectivity index (χ2n) is 3.34. The number of ether oxygens (including phenoxy) is 1. The molecule has 0 saturated heterocycles. The van der Waals surface area contributed by atoms with Crippen LogP contribution in [0.4, 0.5) is 4.79 Å². The molecule has 0 aromatic heterocycles. The zero-order chi connectivity index (χ0) is 11.1. The Hall–Kier alpha value is -0.840. The zero-order valence-electron chi connectivity index (χ0n) is 8.87. The molecule has 1 atom stereocenters. The van der Waals surface area contributed by atoms with Gasteiger partial charge in [-0.05, 0) is 20.3 Å². The minimum Gasteiger partial charge on any atom is -0.447 e. The average Bonchev–Trinajstić information content (AvgIpc) is 2.01. The molecule has 14 heavy (non-hydrogen) atoms. The molecule has 82 valence electrons. The summed E-state index contributed by atoms with van der Waals surface area (Å²) in [5.74, 6) is 0. The van der Waals surface area contributed by atoms with E-state index >= 15 is 0 Å². The lowest BCUT2D eigenvalue weighted by Crippen LogP contribution is -2.44. The summed E-state index contributed by atoms with van der Waals surface area (Å²) in [4.78, 5) is 11.5.